The molecule has 15 heavy (non-hydrogen) atoms. The van der Waals surface area contributed by atoms with Gasteiger partial charge in [0.2, 0.25) is 0 Å². The maximum absolute atomic E-state index is 13.2. The molecule has 0 bridgehead atoms. The summed E-state index contributed by atoms with van der Waals surface area (Å²) < 4.78 is 13.2. The van der Waals surface area contributed by atoms with Crippen LogP contribution in [0.5, 0.6) is 0 Å². The van der Waals surface area contributed by atoms with E-state index in [9.17, 15) is 14.0 Å². The van der Waals surface area contributed by atoms with Gasteiger partial charge >= 0.3 is 5.97 Å². The standard InChI is InChI=1S/C10H6FNO3/c11-6-2-1-5-3-4-12-9(13)7(5)8(6)10(14)15/h1-4H,(H,12,13)(H,14,15). The fraction of sp³-hybridized carbons (Fsp3) is 0. The molecule has 0 aliphatic rings. The summed E-state index contributed by atoms with van der Waals surface area (Å²) in [6.45, 7) is 0. The molecule has 2 aromatic rings. The Hall–Kier alpha value is -2.17. The fourth-order valence-corrected chi connectivity index (χ4v) is 1.47. The largest absolute Gasteiger partial charge is 0.478 e. The summed E-state index contributed by atoms with van der Waals surface area (Å²) in [5, 5.41) is 9.06. The first-order valence-electron chi connectivity index (χ1n) is 4.14. The molecule has 0 saturated carbocycles. The summed E-state index contributed by atoms with van der Waals surface area (Å²) in [4.78, 5) is 24.5. The van der Waals surface area contributed by atoms with Gasteiger partial charge in [0.25, 0.3) is 5.56 Å². The average molecular weight is 207 g/mol. The van der Waals surface area contributed by atoms with Crippen molar-refractivity contribution in [2.75, 3.05) is 0 Å². The first-order valence-corrected chi connectivity index (χ1v) is 4.14. The van der Waals surface area contributed by atoms with Gasteiger partial charge in [-0.15, -0.1) is 0 Å². The zero-order valence-corrected chi connectivity index (χ0v) is 7.45. The van der Waals surface area contributed by atoms with Gasteiger partial charge in [0.1, 0.15) is 11.4 Å². The van der Waals surface area contributed by atoms with Crippen LogP contribution in [0.1, 0.15) is 10.4 Å². The molecule has 0 saturated heterocycles. The molecular weight excluding hydrogens is 201 g/mol. The van der Waals surface area contributed by atoms with Crippen LogP contribution in [0.15, 0.2) is 29.2 Å². The zero-order chi connectivity index (χ0) is 11.0. The Balaban J connectivity index is 3.04. The Morgan fingerprint density at radius 2 is 2.07 bits per heavy atom. The lowest BCUT2D eigenvalue weighted by atomic mass is 10.1. The van der Waals surface area contributed by atoms with Crippen LogP contribution in [0.4, 0.5) is 4.39 Å². The van der Waals surface area contributed by atoms with Crippen molar-refractivity contribution >= 4 is 16.7 Å². The van der Waals surface area contributed by atoms with Crippen molar-refractivity contribution in [1.82, 2.24) is 4.98 Å². The zero-order valence-electron chi connectivity index (χ0n) is 7.45. The van der Waals surface area contributed by atoms with Gasteiger partial charge < -0.3 is 10.1 Å². The topological polar surface area (TPSA) is 70.2 Å². The summed E-state index contributed by atoms with van der Waals surface area (Å²) in [6, 6.07) is 3.92. The summed E-state index contributed by atoms with van der Waals surface area (Å²) in [6.07, 6.45) is 1.38. The van der Waals surface area contributed by atoms with Crippen LogP contribution in [0, 0.1) is 5.82 Å². The molecule has 0 aliphatic carbocycles. The minimum atomic E-state index is -1.45. The Labute approximate surface area is 83.0 Å². The second-order valence-electron chi connectivity index (χ2n) is 3.00. The molecule has 0 aliphatic heterocycles. The lowest BCUT2D eigenvalue weighted by molar-refractivity contribution is 0.0694. The summed E-state index contributed by atoms with van der Waals surface area (Å²) in [5.74, 6) is -2.36. The lowest BCUT2D eigenvalue weighted by Crippen LogP contribution is -2.12. The molecule has 5 heteroatoms. The van der Waals surface area contributed by atoms with Crippen LogP contribution in [0.25, 0.3) is 10.8 Å². The molecule has 1 heterocycles. The number of fused-ring (bicyclic) bond motifs is 1. The van der Waals surface area contributed by atoms with E-state index in [1.165, 1.54) is 18.3 Å². The number of carboxylic acid groups (broad SMARTS) is 1. The van der Waals surface area contributed by atoms with Crippen molar-refractivity contribution < 1.29 is 14.3 Å². The number of carbonyl (C=O) groups is 1. The quantitative estimate of drug-likeness (QED) is 0.741. The molecule has 0 fully saturated rings. The molecule has 2 rings (SSSR count). The third-order valence-corrected chi connectivity index (χ3v) is 2.10. The highest BCUT2D eigenvalue weighted by molar-refractivity contribution is 6.03. The number of halogens is 1. The van der Waals surface area contributed by atoms with Gasteiger partial charge in [-0.3, -0.25) is 4.79 Å². The number of aromatic carboxylic acids is 1. The lowest BCUT2D eigenvalue weighted by Gasteiger charge is -2.01. The van der Waals surface area contributed by atoms with Crippen LogP contribution in [-0.2, 0) is 0 Å². The highest BCUT2D eigenvalue weighted by Crippen LogP contribution is 2.17. The first kappa shape index (κ1) is 9.39. The monoisotopic (exact) mass is 207 g/mol. The van der Waals surface area contributed by atoms with E-state index in [0.717, 1.165) is 6.07 Å². The van der Waals surface area contributed by atoms with Gasteiger partial charge in [-0.1, -0.05) is 6.07 Å². The predicted octanol–water partition coefficient (Wildman–Crippen LogP) is 1.37. The number of aromatic amines is 1. The molecule has 0 radical (unpaired) electrons. The highest BCUT2D eigenvalue weighted by Gasteiger charge is 2.16. The molecular formula is C10H6FNO3. The molecule has 0 spiro atoms. The number of aromatic nitrogens is 1. The molecule has 2 N–H and O–H groups in total. The van der Waals surface area contributed by atoms with Crippen LogP contribution in [0.3, 0.4) is 0 Å². The molecule has 76 valence electrons. The van der Waals surface area contributed by atoms with Gasteiger partial charge in [0.05, 0.1) is 5.39 Å². The van der Waals surface area contributed by atoms with E-state index >= 15 is 0 Å². The van der Waals surface area contributed by atoms with Gasteiger partial charge in [-0.05, 0) is 17.5 Å². The molecule has 0 atom stereocenters. The van der Waals surface area contributed by atoms with Crippen molar-refractivity contribution in [2.45, 2.75) is 0 Å². The van der Waals surface area contributed by atoms with Crippen LogP contribution in [-0.4, -0.2) is 16.1 Å². The Kier molecular flexibility index (Phi) is 2.00. The number of rotatable bonds is 1. The molecule has 1 aromatic carbocycles. The SMILES string of the molecule is O=C(O)c1c(F)ccc2cc[nH]c(=O)c12. The maximum Gasteiger partial charge on any atom is 0.339 e. The van der Waals surface area contributed by atoms with E-state index in [1.54, 1.807) is 0 Å². The average Bonchev–Trinajstić information content (AvgIpc) is 2.18. The molecule has 0 unspecified atom stereocenters. The minimum Gasteiger partial charge on any atom is -0.478 e. The number of benzene rings is 1. The highest BCUT2D eigenvalue weighted by atomic mass is 19.1. The Morgan fingerprint density at radius 1 is 1.33 bits per heavy atom. The van der Waals surface area contributed by atoms with Crippen LogP contribution < -0.4 is 5.56 Å². The number of hydrogen-bond acceptors (Lipinski definition) is 2. The smallest absolute Gasteiger partial charge is 0.339 e. The fourth-order valence-electron chi connectivity index (χ4n) is 1.47. The van der Waals surface area contributed by atoms with E-state index in [4.69, 9.17) is 5.11 Å². The number of hydrogen-bond donors (Lipinski definition) is 2. The number of carboxylic acids is 1. The second kappa shape index (κ2) is 3.20. The molecule has 4 nitrogen and oxygen atoms in total. The van der Waals surface area contributed by atoms with E-state index in [2.05, 4.69) is 4.98 Å². The van der Waals surface area contributed by atoms with Crippen molar-refractivity contribution in [1.29, 1.82) is 0 Å². The van der Waals surface area contributed by atoms with E-state index in [-0.39, 0.29) is 5.39 Å². The molecule has 1 aromatic heterocycles. The van der Waals surface area contributed by atoms with Crippen LogP contribution in [0.2, 0.25) is 0 Å². The Bertz CT molecular complexity index is 603. The first-order chi connectivity index (χ1) is 7.11. The van der Waals surface area contributed by atoms with Crippen molar-refractivity contribution in [2.24, 2.45) is 0 Å². The Morgan fingerprint density at radius 3 is 2.73 bits per heavy atom. The van der Waals surface area contributed by atoms with Crippen molar-refractivity contribution in [3.8, 4) is 0 Å². The van der Waals surface area contributed by atoms with Gasteiger partial charge in [-0.25, -0.2) is 9.18 Å². The predicted molar refractivity (Wildman–Crippen MR) is 51.5 cm³/mol. The summed E-state index contributed by atoms with van der Waals surface area (Å²) in [7, 11) is 0. The number of nitrogens with one attached hydrogen (secondary N) is 1. The van der Waals surface area contributed by atoms with Crippen molar-refractivity contribution in [3.05, 3.63) is 46.1 Å². The maximum atomic E-state index is 13.2. The van der Waals surface area contributed by atoms with E-state index in [0.29, 0.717) is 5.39 Å². The van der Waals surface area contributed by atoms with E-state index < -0.39 is 22.9 Å². The normalized spacial score (nSPS) is 10.5. The van der Waals surface area contributed by atoms with Crippen molar-refractivity contribution in [3.63, 3.8) is 0 Å². The van der Waals surface area contributed by atoms with Gasteiger partial charge in [-0.2, -0.15) is 0 Å². The van der Waals surface area contributed by atoms with E-state index in [1.807, 2.05) is 0 Å². The van der Waals surface area contributed by atoms with Crippen LogP contribution >= 0.6 is 0 Å². The second-order valence-corrected chi connectivity index (χ2v) is 3.00. The summed E-state index contributed by atoms with van der Waals surface area (Å²) >= 11 is 0. The third-order valence-electron chi connectivity index (χ3n) is 2.10. The number of pyridine rings is 1. The summed E-state index contributed by atoms with van der Waals surface area (Å²) in [5.41, 5.74) is -1.20. The molecule has 0 amide bonds. The number of H-pyrrole nitrogens is 1. The van der Waals surface area contributed by atoms with Gasteiger partial charge in [0.15, 0.2) is 0 Å². The third kappa shape index (κ3) is 1.38. The van der Waals surface area contributed by atoms with Gasteiger partial charge in [0, 0.05) is 6.20 Å². The minimum absolute atomic E-state index is 0.134.